The minimum Gasteiger partial charge on any atom is -0.207 e. The molecule has 0 saturated carbocycles. The van der Waals surface area contributed by atoms with E-state index in [2.05, 4.69) is 15.9 Å². The Labute approximate surface area is 91.2 Å². The maximum Gasteiger partial charge on any atom is 0.124 e. The lowest BCUT2D eigenvalue weighted by Crippen LogP contribution is -1.88. The molecule has 0 fully saturated rings. The van der Waals surface area contributed by atoms with E-state index in [1.165, 1.54) is 12.1 Å². The molecule has 1 rings (SSSR count). The molecule has 0 aliphatic rings. The summed E-state index contributed by atoms with van der Waals surface area (Å²) in [7, 11) is 0. The third kappa shape index (κ3) is 3.65. The van der Waals surface area contributed by atoms with Gasteiger partial charge in [-0.15, -0.1) is 0 Å². The van der Waals surface area contributed by atoms with Crippen molar-refractivity contribution in [3.63, 3.8) is 0 Å². The van der Waals surface area contributed by atoms with Gasteiger partial charge in [0.1, 0.15) is 5.82 Å². The van der Waals surface area contributed by atoms with E-state index in [-0.39, 0.29) is 5.82 Å². The Balaban J connectivity index is 2.56. The van der Waals surface area contributed by atoms with Gasteiger partial charge >= 0.3 is 0 Å². The number of alkyl halides is 1. The number of halogens is 3. The van der Waals surface area contributed by atoms with Crippen molar-refractivity contribution in [3.05, 3.63) is 34.6 Å². The van der Waals surface area contributed by atoms with E-state index >= 15 is 0 Å². The Hall–Kier alpha value is -0.0800. The molecule has 3 heteroatoms. The lowest BCUT2D eigenvalue weighted by Gasteiger charge is -2.02. The molecule has 0 bridgehead atoms. The average Bonchev–Trinajstić information content (AvgIpc) is 2.09. The predicted molar refractivity (Wildman–Crippen MR) is 58.1 cm³/mol. The topological polar surface area (TPSA) is 0 Å². The number of benzene rings is 1. The van der Waals surface area contributed by atoms with E-state index in [4.69, 9.17) is 11.6 Å². The molecule has 0 nitrogen and oxygen atoms in total. The van der Waals surface area contributed by atoms with E-state index in [1.54, 1.807) is 6.07 Å². The predicted octanol–water partition coefficient (Wildman–Crippen LogP) is 4.20. The first-order valence-electron chi connectivity index (χ1n) is 4.24. The lowest BCUT2D eigenvalue weighted by atomic mass is 10.1. The largest absolute Gasteiger partial charge is 0.207 e. The van der Waals surface area contributed by atoms with Gasteiger partial charge in [-0.2, -0.15) is 0 Å². The van der Waals surface area contributed by atoms with Crippen molar-refractivity contribution in [3.8, 4) is 0 Å². The molecule has 0 aliphatic carbocycles. The fraction of sp³-hybridized carbons (Fsp3) is 0.400. The summed E-state index contributed by atoms with van der Waals surface area (Å²) in [4.78, 5) is 0. The van der Waals surface area contributed by atoms with E-state index in [0.717, 1.165) is 30.2 Å². The van der Waals surface area contributed by atoms with Crippen LogP contribution in [-0.2, 0) is 6.42 Å². The second-order valence-electron chi connectivity index (χ2n) is 2.88. The monoisotopic (exact) mass is 264 g/mol. The van der Waals surface area contributed by atoms with Crippen LogP contribution in [0.3, 0.4) is 0 Å². The van der Waals surface area contributed by atoms with E-state index < -0.39 is 0 Å². The molecule has 0 spiro atoms. The summed E-state index contributed by atoms with van der Waals surface area (Å²) in [6.45, 7) is 0. The highest BCUT2D eigenvalue weighted by atomic mass is 79.9. The quantitative estimate of drug-likeness (QED) is 0.565. The van der Waals surface area contributed by atoms with E-state index in [1.807, 2.05) is 0 Å². The Morgan fingerprint density at radius 2 is 2.08 bits per heavy atom. The van der Waals surface area contributed by atoms with Crippen molar-refractivity contribution in [1.82, 2.24) is 0 Å². The smallest absolute Gasteiger partial charge is 0.124 e. The van der Waals surface area contributed by atoms with Crippen molar-refractivity contribution < 1.29 is 4.39 Å². The van der Waals surface area contributed by atoms with Crippen LogP contribution in [-0.4, -0.2) is 5.33 Å². The molecule has 0 unspecified atom stereocenters. The number of rotatable bonds is 4. The highest BCUT2D eigenvalue weighted by molar-refractivity contribution is 9.09. The second kappa shape index (κ2) is 5.61. The van der Waals surface area contributed by atoms with Crippen molar-refractivity contribution in [1.29, 1.82) is 0 Å². The fourth-order valence-electron chi connectivity index (χ4n) is 1.13. The molecule has 0 radical (unpaired) electrons. The number of aryl methyl sites for hydroxylation is 1. The standard InChI is InChI=1S/C10H11BrClF/c11-6-2-1-3-8-4-5-9(13)7-10(8)12/h4-5,7H,1-3,6H2. The SMILES string of the molecule is Fc1ccc(CCCCBr)c(Cl)c1. The number of hydrogen-bond donors (Lipinski definition) is 0. The molecule has 0 amide bonds. The van der Waals surface area contributed by atoms with Gasteiger partial charge in [0.05, 0.1) is 0 Å². The number of hydrogen-bond acceptors (Lipinski definition) is 0. The van der Waals surface area contributed by atoms with Gasteiger partial charge in [-0.1, -0.05) is 33.6 Å². The average molecular weight is 266 g/mol. The van der Waals surface area contributed by atoms with Gasteiger partial charge in [0.25, 0.3) is 0 Å². The van der Waals surface area contributed by atoms with Crippen LogP contribution in [0.2, 0.25) is 5.02 Å². The van der Waals surface area contributed by atoms with Gasteiger partial charge in [0.15, 0.2) is 0 Å². The van der Waals surface area contributed by atoms with Crippen molar-refractivity contribution >= 4 is 27.5 Å². The molecule has 0 N–H and O–H groups in total. The molecule has 72 valence electrons. The van der Waals surface area contributed by atoms with Crippen molar-refractivity contribution in [2.45, 2.75) is 19.3 Å². The molecule has 1 aromatic rings. The van der Waals surface area contributed by atoms with Crippen molar-refractivity contribution in [2.24, 2.45) is 0 Å². The summed E-state index contributed by atoms with van der Waals surface area (Å²) < 4.78 is 12.6. The third-order valence-electron chi connectivity index (χ3n) is 1.84. The highest BCUT2D eigenvalue weighted by Gasteiger charge is 2.00. The first-order valence-corrected chi connectivity index (χ1v) is 5.74. The van der Waals surface area contributed by atoms with Crippen LogP contribution in [0.5, 0.6) is 0 Å². The van der Waals surface area contributed by atoms with E-state index in [9.17, 15) is 4.39 Å². The minimum atomic E-state index is -0.269. The Morgan fingerprint density at radius 1 is 1.31 bits per heavy atom. The second-order valence-corrected chi connectivity index (χ2v) is 4.08. The zero-order valence-electron chi connectivity index (χ0n) is 7.19. The Kier molecular flexibility index (Phi) is 4.74. The van der Waals surface area contributed by atoms with Gasteiger partial charge in [-0.05, 0) is 37.0 Å². The summed E-state index contributed by atoms with van der Waals surface area (Å²) in [5.41, 5.74) is 1.03. The van der Waals surface area contributed by atoms with Crippen LogP contribution in [0.15, 0.2) is 18.2 Å². The van der Waals surface area contributed by atoms with Crippen LogP contribution in [0.25, 0.3) is 0 Å². The van der Waals surface area contributed by atoms with Crippen LogP contribution in [0.4, 0.5) is 4.39 Å². The first-order chi connectivity index (χ1) is 6.24. The molecular formula is C10H11BrClF. The summed E-state index contributed by atoms with van der Waals surface area (Å²) in [5.74, 6) is -0.269. The summed E-state index contributed by atoms with van der Waals surface area (Å²) >= 11 is 9.22. The van der Waals surface area contributed by atoms with Crippen LogP contribution >= 0.6 is 27.5 Å². The minimum absolute atomic E-state index is 0.269. The first kappa shape index (κ1) is 11.0. The maximum atomic E-state index is 12.6. The molecule has 0 heterocycles. The molecule has 0 saturated heterocycles. The van der Waals surface area contributed by atoms with Gasteiger partial charge in [-0.25, -0.2) is 4.39 Å². The molecule has 1 aromatic carbocycles. The summed E-state index contributed by atoms with van der Waals surface area (Å²) in [6, 6.07) is 4.58. The Bertz CT molecular complexity index is 276. The maximum absolute atomic E-state index is 12.6. The summed E-state index contributed by atoms with van der Waals surface area (Å²) in [6.07, 6.45) is 3.12. The van der Waals surface area contributed by atoms with Gasteiger partial charge in [0.2, 0.25) is 0 Å². The molecule has 0 aliphatic heterocycles. The molecule has 13 heavy (non-hydrogen) atoms. The number of unbranched alkanes of at least 4 members (excludes halogenated alkanes) is 1. The van der Waals surface area contributed by atoms with E-state index in [0.29, 0.717) is 5.02 Å². The van der Waals surface area contributed by atoms with Crippen molar-refractivity contribution in [2.75, 3.05) is 5.33 Å². The third-order valence-corrected chi connectivity index (χ3v) is 2.76. The zero-order valence-corrected chi connectivity index (χ0v) is 9.54. The zero-order chi connectivity index (χ0) is 9.68. The molecular weight excluding hydrogens is 254 g/mol. The molecule has 0 aromatic heterocycles. The normalized spacial score (nSPS) is 10.4. The van der Waals surface area contributed by atoms with Gasteiger partial charge in [0, 0.05) is 10.4 Å². The highest BCUT2D eigenvalue weighted by Crippen LogP contribution is 2.19. The van der Waals surface area contributed by atoms with Crippen LogP contribution in [0, 0.1) is 5.82 Å². The fourth-order valence-corrected chi connectivity index (χ4v) is 1.79. The van der Waals surface area contributed by atoms with Crippen LogP contribution < -0.4 is 0 Å². The molecule has 0 atom stereocenters. The van der Waals surface area contributed by atoms with Gasteiger partial charge < -0.3 is 0 Å². The Morgan fingerprint density at radius 3 is 2.69 bits per heavy atom. The van der Waals surface area contributed by atoms with Crippen LogP contribution in [0.1, 0.15) is 18.4 Å². The lowest BCUT2D eigenvalue weighted by molar-refractivity contribution is 0.626. The summed E-state index contributed by atoms with van der Waals surface area (Å²) in [5, 5.41) is 1.54. The van der Waals surface area contributed by atoms with Gasteiger partial charge in [-0.3, -0.25) is 0 Å².